The molecular weight excluding hydrogens is 382 g/mol. The summed E-state index contributed by atoms with van der Waals surface area (Å²) in [5.41, 5.74) is 1.59. The molecule has 1 aromatic heterocycles. The number of carbonyl (C=O) groups excluding carboxylic acids is 1. The average Bonchev–Trinajstić information content (AvgIpc) is 3.15. The second kappa shape index (κ2) is 5.86. The van der Waals surface area contributed by atoms with Gasteiger partial charge in [-0.3, -0.25) is 0 Å². The molecule has 0 fully saturated rings. The molecule has 0 amide bonds. The van der Waals surface area contributed by atoms with Crippen molar-refractivity contribution in [1.29, 1.82) is 0 Å². The molecule has 148 valence electrons. The molecule has 1 atom stereocenters. The molecule has 2 aromatic carbocycles. The maximum atomic E-state index is 12.5. The second-order valence-corrected chi connectivity index (χ2v) is 9.44. The highest BCUT2D eigenvalue weighted by Crippen LogP contribution is 2.59. The molecule has 0 saturated carbocycles. The van der Waals surface area contributed by atoms with E-state index in [9.17, 15) is 4.79 Å². The quantitative estimate of drug-likeness (QED) is 0.499. The van der Waals surface area contributed by atoms with Crippen molar-refractivity contribution in [3.05, 3.63) is 63.4 Å². The molecule has 0 saturated heterocycles. The van der Waals surface area contributed by atoms with E-state index in [2.05, 4.69) is 55.2 Å². The van der Waals surface area contributed by atoms with Crippen LogP contribution in [0.4, 0.5) is 5.69 Å². The third kappa shape index (κ3) is 2.16. The van der Waals surface area contributed by atoms with Gasteiger partial charge >= 0.3 is 5.97 Å². The van der Waals surface area contributed by atoms with Gasteiger partial charge in [-0.1, -0.05) is 30.3 Å². The molecule has 2 aliphatic heterocycles. The van der Waals surface area contributed by atoms with E-state index < -0.39 is 5.72 Å². The summed E-state index contributed by atoms with van der Waals surface area (Å²) in [7, 11) is 3.43. The fourth-order valence-corrected chi connectivity index (χ4v) is 6.14. The molecule has 1 spiro atoms. The highest BCUT2D eigenvalue weighted by Gasteiger charge is 2.60. The fraction of sp³-hybridized carbons (Fsp3) is 0.292. The number of hydrogen-bond acceptors (Lipinski definition) is 5. The number of benzene rings is 2. The minimum atomic E-state index is -0.708. The molecule has 0 N–H and O–H groups in total. The number of hydrogen-bond donors (Lipinski definition) is 0. The zero-order valence-electron chi connectivity index (χ0n) is 17.2. The molecular formula is C24H23NO3S. The summed E-state index contributed by atoms with van der Waals surface area (Å²) in [6.07, 6.45) is 4.31. The van der Waals surface area contributed by atoms with Gasteiger partial charge in [-0.05, 0) is 49.8 Å². The maximum absolute atomic E-state index is 12.5. The molecule has 2 aliphatic rings. The van der Waals surface area contributed by atoms with Gasteiger partial charge in [-0.15, -0.1) is 11.3 Å². The second-order valence-electron chi connectivity index (χ2n) is 8.22. The molecule has 0 aliphatic carbocycles. The minimum absolute atomic E-state index is 0.300. The Morgan fingerprint density at radius 3 is 2.69 bits per heavy atom. The van der Waals surface area contributed by atoms with Crippen molar-refractivity contribution in [2.24, 2.45) is 0 Å². The average molecular weight is 406 g/mol. The zero-order chi connectivity index (χ0) is 20.6. The van der Waals surface area contributed by atoms with Gasteiger partial charge in [0.25, 0.3) is 0 Å². The lowest BCUT2D eigenvalue weighted by molar-refractivity contribution is 0.0576. The van der Waals surface area contributed by atoms with Crippen LogP contribution < -0.4 is 9.64 Å². The van der Waals surface area contributed by atoms with E-state index in [1.807, 2.05) is 26.1 Å². The van der Waals surface area contributed by atoms with Gasteiger partial charge in [-0.25, -0.2) is 4.79 Å². The van der Waals surface area contributed by atoms with Crippen LogP contribution in [0.25, 0.3) is 16.8 Å². The Kier molecular flexibility index (Phi) is 3.69. The summed E-state index contributed by atoms with van der Waals surface area (Å²) in [6, 6.07) is 12.5. The first-order valence-electron chi connectivity index (χ1n) is 9.68. The number of nitrogens with zero attached hydrogens (tertiary/aromatic N) is 1. The summed E-state index contributed by atoms with van der Waals surface area (Å²) in [4.78, 5) is 16.8. The minimum Gasteiger partial charge on any atom is -0.465 e. The standard InChI is InChI=1S/C24H23NO3S/c1-14-19(22(26)27-5)20-21(29-14)23(2,3)24(25(20)4)13-12-17-16-9-7-6-8-15(16)10-11-18(17)28-24/h6-13H,1-5H3. The number of thiophene rings is 1. The Bertz CT molecular complexity index is 1210. The highest BCUT2D eigenvalue weighted by atomic mass is 32.1. The lowest BCUT2D eigenvalue weighted by Crippen LogP contribution is -2.58. The van der Waals surface area contributed by atoms with Crippen molar-refractivity contribution in [1.82, 2.24) is 0 Å². The van der Waals surface area contributed by atoms with E-state index in [1.54, 1.807) is 11.3 Å². The Hall–Kier alpha value is -2.79. The Morgan fingerprint density at radius 2 is 1.93 bits per heavy atom. The number of rotatable bonds is 1. The van der Waals surface area contributed by atoms with Gasteiger partial charge in [0.2, 0.25) is 5.72 Å². The van der Waals surface area contributed by atoms with Crippen molar-refractivity contribution >= 4 is 39.8 Å². The summed E-state index contributed by atoms with van der Waals surface area (Å²) >= 11 is 1.65. The molecule has 0 radical (unpaired) electrons. The summed E-state index contributed by atoms with van der Waals surface area (Å²) in [6.45, 7) is 6.34. The van der Waals surface area contributed by atoms with E-state index in [0.717, 1.165) is 26.8 Å². The van der Waals surface area contributed by atoms with Gasteiger partial charge in [0.15, 0.2) is 0 Å². The number of carbonyl (C=O) groups is 1. The van der Waals surface area contributed by atoms with Gasteiger partial charge in [-0.2, -0.15) is 0 Å². The molecule has 3 aromatic rings. The molecule has 1 unspecified atom stereocenters. The predicted octanol–water partition coefficient (Wildman–Crippen LogP) is 5.53. The van der Waals surface area contributed by atoms with Crippen molar-refractivity contribution in [3.8, 4) is 5.75 Å². The molecule has 29 heavy (non-hydrogen) atoms. The van der Waals surface area contributed by atoms with Crippen LogP contribution in [-0.2, 0) is 10.2 Å². The monoisotopic (exact) mass is 405 g/mol. The number of fused-ring (bicyclic) bond motifs is 4. The van der Waals surface area contributed by atoms with E-state index in [4.69, 9.17) is 9.47 Å². The van der Waals surface area contributed by atoms with Crippen LogP contribution in [0.3, 0.4) is 0 Å². The largest absolute Gasteiger partial charge is 0.465 e. The maximum Gasteiger partial charge on any atom is 0.341 e. The van der Waals surface area contributed by atoms with Gasteiger partial charge in [0.1, 0.15) is 5.75 Å². The van der Waals surface area contributed by atoms with Crippen LogP contribution in [0.5, 0.6) is 5.75 Å². The van der Waals surface area contributed by atoms with Crippen molar-refractivity contribution in [2.45, 2.75) is 31.9 Å². The first-order valence-corrected chi connectivity index (χ1v) is 10.5. The number of aryl methyl sites for hydroxylation is 1. The van der Waals surface area contributed by atoms with E-state index >= 15 is 0 Å². The highest BCUT2D eigenvalue weighted by molar-refractivity contribution is 7.13. The Labute approximate surface area is 174 Å². The van der Waals surface area contributed by atoms with E-state index in [-0.39, 0.29) is 11.4 Å². The molecule has 5 heteroatoms. The molecule has 3 heterocycles. The predicted molar refractivity (Wildman–Crippen MR) is 118 cm³/mol. The van der Waals surface area contributed by atoms with Gasteiger partial charge in [0.05, 0.1) is 23.8 Å². The SMILES string of the molecule is COC(=O)c1c(C)sc2c1N(C)C1(C=Cc3c(ccc4ccccc34)O1)C2(C)C. The van der Waals surface area contributed by atoms with Crippen LogP contribution in [0.1, 0.15) is 39.5 Å². The van der Waals surface area contributed by atoms with E-state index in [1.165, 1.54) is 17.9 Å². The van der Waals surface area contributed by atoms with E-state index in [0.29, 0.717) is 5.56 Å². The third-order valence-electron chi connectivity index (χ3n) is 6.42. The number of esters is 1. The van der Waals surface area contributed by atoms with Gasteiger partial charge in [0, 0.05) is 22.4 Å². The number of methoxy groups -OCH3 is 1. The number of anilines is 1. The van der Waals surface area contributed by atoms with Crippen LogP contribution in [-0.4, -0.2) is 25.9 Å². The van der Waals surface area contributed by atoms with Crippen LogP contribution >= 0.6 is 11.3 Å². The fourth-order valence-electron chi connectivity index (χ4n) is 4.82. The summed E-state index contributed by atoms with van der Waals surface area (Å²) in [5.74, 6) is 0.559. The van der Waals surface area contributed by atoms with Crippen molar-refractivity contribution in [3.63, 3.8) is 0 Å². The first kappa shape index (κ1) is 18.3. The van der Waals surface area contributed by atoms with Crippen LogP contribution in [0.2, 0.25) is 0 Å². The Morgan fingerprint density at radius 1 is 1.17 bits per heavy atom. The van der Waals surface area contributed by atoms with Crippen molar-refractivity contribution < 1.29 is 14.3 Å². The van der Waals surface area contributed by atoms with Gasteiger partial charge < -0.3 is 14.4 Å². The third-order valence-corrected chi connectivity index (χ3v) is 7.84. The Balaban J connectivity index is 1.70. The first-order chi connectivity index (χ1) is 13.8. The van der Waals surface area contributed by atoms with Crippen molar-refractivity contribution in [2.75, 3.05) is 19.1 Å². The molecule has 5 rings (SSSR count). The lowest BCUT2D eigenvalue weighted by Gasteiger charge is -2.46. The summed E-state index contributed by atoms with van der Waals surface area (Å²) < 4.78 is 11.8. The topological polar surface area (TPSA) is 38.8 Å². The van der Waals surface area contributed by atoms with Crippen LogP contribution in [0, 0.1) is 6.92 Å². The molecule has 4 nitrogen and oxygen atoms in total. The summed E-state index contributed by atoms with van der Waals surface area (Å²) in [5, 5.41) is 2.37. The smallest absolute Gasteiger partial charge is 0.341 e. The van der Waals surface area contributed by atoms with Crippen LogP contribution in [0.15, 0.2) is 42.5 Å². The molecule has 0 bridgehead atoms. The number of ether oxygens (including phenoxy) is 2. The number of likely N-dealkylation sites (N-methyl/N-ethyl adjacent to an activating group) is 1. The normalized spacial score (nSPS) is 21.2. The lowest BCUT2D eigenvalue weighted by atomic mass is 9.80. The zero-order valence-corrected chi connectivity index (χ0v) is 18.0.